The van der Waals surface area contributed by atoms with E-state index in [-0.39, 0.29) is 25.3 Å². The number of likely N-dealkylation sites (tertiary alicyclic amines) is 1. The third-order valence-corrected chi connectivity index (χ3v) is 10.6. The highest BCUT2D eigenvalue weighted by atomic mass is 35.5. The first-order chi connectivity index (χ1) is 22.2. The highest BCUT2D eigenvalue weighted by Gasteiger charge is 2.56. The molecule has 12 heteroatoms. The van der Waals surface area contributed by atoms with Crippen molar-refractivity contribution >= 4 is 46.7 Å². The Kier molecular flexibility index (Phi) is 10.3. The standard InChI is InChI=1S/C35H48ClN5O6/c1-6-8-25(29(43)32(45)37-5)38-31(44)27-18-35(17-26(40-47-35)22-9-7-10-24(36)15-22)19-41(27)33(46)30(34(2,3)4)39-28(42)16-23-14-20-11-12-21(23)13-20/h7,9-10,15,20-21,23,25,27,30H,6,8,11-14,16-19H2,1-5H3,(H,37,45)(H,38,44)(H,39,42)/t20?,21?,23?,25-,27-,30+,35+/m0/s1. The summed E-state index contributed by atoms with van der Waals surface area (Å²) < 4.78 is 0. The monoisotopic (exact) mass is 669 g/mol. The lowest BCUT2D eigenvalue weighted by Crippen LogP contribution is -2.59. The minimum Gasteiger partial charge on any atom is -0.387 e. The van der Waals surface area contributed by atoms with Gasteiger partial charge in [0.1, 0.15) is 12.1 Å². The van der Waals surface area contributed by atoms with Gasteiger partial charge in [-0.25, -0.2) is 0 Å². The quantitative estimate of drug-likeness (QED) is 0.306. The number of hydrogen-bond donors (Lipinski definition) is 3. The summed E-state index contributed by atoms with van der Waals surface area (Å²) in [6.07, 6.45) is 6.28. The summed E-state index contributed by atoms with van der Waals surface area (Å²) in [5.74, 6) is -1.07. The number of likely N-dealkylation sites (N-methyl/N-ethyl adjacent to an activating group) is 1. The van der Waals surface area contributed by atoms with E-state index >= 15 is 0 Å². The van der Waals surface area contributed by atoms with Crippen LogP contribution in [0, 0.1) is 23.2 Å². The summed E-state index contributed by atoms with van der Waals surface area (Å²) in [7, 11) is 1.36. The topological polar surface area (TPSA) is 146 Å². The Balaban J connectivity index is 1.39. The molecule has 5 rings (SSSR count). The van der Waals surface area contributed by atoms with Gasteiger partial charge in [-0.3, -0.25) is 24.0 Å². The van der Waals surface area contributed by atoms with Gasteiger partial charge in [-0.1, -0.05) is 69.4 Å². The molecule has 2 saturated carbocycles. The summed E-state index contributed by atoms with van der Waals surface area (Å²) in [6, 6.07) is 4.24. The summed E-state index contributed by atoms with van der Waals surface area (Å²) in [4.78, 5) is 74.5. The molecule has 4 aliphatic rings. The van der Waals surface area contributed by atoms with Crippen molar-refractivity contribution in [1.29, 1.82) is 0 Å². The average Bonchev–Trinajstić information content (AvgIpc) is 3.83. The van der Waals surface area contributed by atoms with Crippen LogP contribution in [0.1, 0.15) is 91.0 Å². The minimum absolute atomic E-state index is 0.0498. The largest absolute Gasteiger partial charge is 0.387 e. The van der Waals surface area contributed by atoms with Gasteiger partial charge in [0.2, 0.25) is 23.5 Å². The number of ketones is 1. The SMILES string of the molecule is CCC[C@H](NC(=O)[C@@H]1C[C@]2(CC(c3cccc(Cl)c3)=NO2)CN1C(=O)[C@@H](NC(=O)CC1CC2CCC1C2)C(C)(C)C)C(=O)C(=O)NC. The third kappa shape index (κ3) is 7.66. The van der Waals surface area contributed by atoms with E-state index in [0.29, 0.717) is 47.8 Å². The highest BCUT2D eigenvalue weighted by molar-refractivity contribution is 6.38. The molecular formula is C35H48ClN5O6. The second-order valence-corrected chi connectivity index (χ2v) is 15.4. The van der Waals surface area contributed by atoms with Crippen LogP contribution in [0.25, 0.3) is 0 Å². The molecule has 256 valence electrons. The van der Waals surface area contributed by atoms with E-state index < -0.39 is 52.6 Å². The van der Waals surface area contributed by atoms with Crippen molar-refractivity contribution in [2.45, 2.75) is 109 Å². The molecule has 11 nitrogen and oxygen atoms in total. The van der Waals surface area contributed by atoms with Crippen LogP contribution in [-0.4, -0.2) is 77.3 Å². The van der Waals surface area contributed by atoms with Crippen LogP contribution in [0.3, 0.4) is 0 Å². The van der Waals surface area contributed by atoms with Crippen molar-refractivity contribution in [2.24, 2.45) is 28.3 Å². The number of fused-ring (bicyclic) bond motifs is 2. The van der Waals surface area contributed by atoms with Crippen LogP contribution in [0.15, 0.2) is 29.4 Å². The number of nitrogens with one attached hydrogen (secondary N) is 3. The number of carbonyl (C=O) groups excluding carboxylic acids is 5. The van der Waals surface area contributed by atoms with Crippen LogP contribution >= 0.6 is 11.6 Å². The zero-order valence-electron chi connectivity index (χ0n) is 28.1. The number of Topliss-reactive ketones (excluding diaryl/α,β-unsaturated/α-hetero) is 1. The summed E-state index contributed by atoms with van der Waals surface area (Å²) in [5.41, 5.74) is -0.251. The van der Waals surface area contributed by atoms with Crippen LogP contribution in [0.2, 0.25) is 5.02 Å². The summed E-state index contributed by atoms with van der Waals surface area (Å²) >= 11 is 6.23. The number of carbonyl (C=O) groups is 5. The maximum atomic E-state index is 14.5. The second-order valence-electron chi connectivity index (χ2n) is 15.0. The van der Waals surface area contributed by atoms with Crippen LogP contribution in [-0.2, 0) is 28.8 Å². The van der Waals surface area contributed by atoms with Gasteiger partial charge in [0.25, 0.3) is 5.91 Å². The molecule has 2 heterocycles. The van der Waals surface area contributed by atoms with Crippen LogP contribution in [0.5, 0.6) is 0 Å². The first kappa shape index (κ1) is 34.9. The van der Waals surface area contributed by atoms with Gasteiger partial charge in [-0.15, -0.1) is 0 Å². The Bertz CT molecular complexity index is 1440. The van der Waals surface area contributed by atoms with Crippen molar-refractivity contribution in [1.82, 2.24) is 20.9 Å². The Labute approximate surface area is 281 Å². The van der Waals surface area contributed by atoms with Gasteiger partial charge in [-0.05, 0) is 61.0 Å². The first-order valence-electron chi connectivity index (χ1n) is 16.9. The van der Waals surface area contributed by atoms with Crippen molar-refractivity contribution in [3.63, 3.8) is 0 Å². The Morgan fingerprint density at radius 2 is 1.89 bits per heavy atom. The van der Waals surface area contributed by atoms with Crippen molar-refractivity contribution in [2.75, 3.05) is 13.6 Å². The van der Waals surface area contributed by atoms with Crippen molar-refractivity contribution < 1.29 is 28.8 Å². The van der Waals surface area contributed by atoms with Crippen LogP contribution < -0.4 is 16.0 Å². The van der Waals surface area contributed by atoms with E-state index in [0.717, 1.165) is 18.4 Å². The summed E-state index contributed by atoms with van der Waals surface area (Å²) in [5, 5.41) is 13.0. The number of amides is 4. The molecule has 1 spiro atoms. The lowest BCUT2D eigenvalue weighted by Gasteiger charge is -2.36. The molecule has 1 saturated heterocycles. The molecule has 1 aromatic carbocycles. The smallest absolute Gasteiger partial charge is 0.289 e. The average molecular weight is 670 g/mol. The molecule has 2 aliphatic heterocycles. The third-order valence-electron chi connectivity index (χ3n) is 10.4. The molecule has 3 fully saturated rings. The summed E-state index contributed by atoms with van der Waals surface area (Å²) in [6.45, 7) is 7.57. The molecule has 3 N–H and O–H groups in total. The Morgan fingerprint density at radius 1 is 1.13 bits per heavy atom. The fraction of sp³-hybridized carbons (Fsp3) is 0.657. The fourth-order valence-corrected chi connectivity index (χ4v) is 8.15. The zero-order valence-corrected chi connectivity index (χ0v) is 28.8. The van der Waals surface area contributed by atoms with Gasteiger partial charge < -0.3 is 25.7 Å². The van der Waals surface area contributed by atoms with Crippen LogP contribution in [0.4, 0.5) is 0 Å². The molecule has 0 radical (unpaired) electrons. The highest BCUT2D eigenvalue weighted by Crippen LogP contribution is 2.49. The maximum Gasteiger partial charge on any atom is 0.289 e. The molecule has 1 aromatic rings. The molecule has 2 bridgehead atoms. The Hall–Kier alpha value is -3.47. The minimum atomic E-state index is -1.05. The number of hydrogen-bond acceptors (Lipinski definition) is 7. The van der Waals surface area contributed by atoms with E-state index in [1.165, 1.54) is 24.8 Å². The van der Waals surface area contributed by atoms with Gasteiger partial charge in [0.15, 0.2) is 5.60 Å². The molecular weight excluding hydrogens is 622 g/mol. The second kappa shape index (κ2) is 13.9. The first-order valence-corrected chi connectivity index (χ1v) is 17.3. The lowest BCUT2D eigenvalue weighted by atomic mass is 9.84. The van der Waals surface area contributed by atoms with Crippen molar-refractivity contribution in [3.8, 4) is 0 Å². The maximum absolute atomic E-state index is 14.5. The number of rotatable bonds is 11. The fourth-order valence-electron chi connectivity index (χ4n) is 7.96. The van der Waals surface area contributed by atoms with E-state index in [9.17, 15) is 24.0 Å². The Morgan fingerprint density at radius 3 is 2.51 bits per heavy atom. The molecule has 0 aromatic heterocycles. The van der Waals surface area contributed by atoms with Gasteiger partial charge >= 0.3 is 0 Å². The number of nitrogens with zero attached hydrogens (tertiary/aromatic N) is 2. The molecule has 47 heavy (non-hydrogen) atoms. The van der Waals surface area contributed by atoms with Gasteiger partial charge in [-0.2, -0.15) is 0 Å². The van der Waals surface area contributed by atoms with E-state index in [1.807, 2.05) is 39.8 Å². The van der Waals surface area contributed by atoms with E-state index in [2.05, 4.69) is 21.1 Å². The number of halogens is 1. The zero-order chi connectivity index (χ0) is 34.1. The van der Waals surface area contributed by atoms with E-state index in [4.69, 9.17) is 16.4 Å². The number of oxime groups is 1. The molecule has 3 unspecified atom stereocenters. The van der Waals surface area contributed by atoms with Crippen molar-refractivity contribution in [3.05, 3.63) is 34.9 Å². The predicted molar refractivity (Wildman–Crippen MR) is 177 cm³/mol. The predicted octanol–water partition coefficient (Wildman–Crippen LogP) is 3.76. The normalized spacial score (nSPS) is 27.6. The lowest BCUT2D eigenvalue weighted by molar-refractivity contribution is -0.145. The van der Waals surface area contributed by atoms with Gasteiger partial charge in [0.05, 0.1) is 18.3 Å². The molecule has 4 amide bonds. The molecule has 2 aliphatic carbocycles. The molecule has 7 atom stereocenters. The number of benzene rings is 1. The van der Waals surface area contributed by atoms with Gasteiger partial charge in [0, 0.05) is 36.9 Å². The van der Waals surface area contributed by atoms with E-state index in [1.54, 1.807) is 12.1 Å².